The second-order valence-corrected chi connectivity index (χ2v) is 20.0. The lowest BCUT2D eigenvalue weighted by molar-refractivity contribution is -0.359. The Bertz CT molecular complexity index is 1380. The number of nitrogens with one attached hydrogen (secondary N) is 1. The third-order valence-electron chi connectivity index (χ3n) is 13.7. The first-order valence-electron chi connectivity index (χ1n) is 28.4. The number of allylic oxidation sites excluding steroid dienone is 7. The predicted molar refractivity (Wildman–Crippen MR) is 281 cm³/mol. The minimum absolute atomic E-state index is 0.255. The molecule has 2 rings (SSSR count). The second kappa shape index (κ2) is 43.2. The standard InChI is InChI=1S/C57H103NO13/c1-3-5-7-9-11-13-15-16-17-18-19-20-21-22-23-24-25-26-27-28-29-30-31-33-35-37-39-41-49(62)58-45(46(61)40-38-36-34-32-14-12-10-8-6-4-2)44-68-56-54(67)52(65)55(48(43-60)70-56)71-57-53(66)51(64)50(63)47(42-59)69-57/h6,8,14,18-19,32,38,40,45-48,50-57,59-61,63-67H,3-5,7,9-13,15-17,20-31,33-37,39,41-44H2,1-2H3,(H,58,62)/b8-6+,19-18-,32-14+,40-38+. The maximum Gasteiger partial charge on any atom is 0.220 e. The molecule has 2 heterocycles. The van der Waals surface area contributed by atoms with Gasteiger partial charge < -0.3 is 65.1 Å². The summed E-state index contributed by atoms with van der Waals surface area (Å²) in [5.41, 5.74) is 0. The van der Waals surface area contributed by atoms with E-state index in [0.717, 1.165) is 44.9 Å². The fraction of sp³-hybridized carbons (Fsp3) is 0.842. The highest BCUT2D eigenvalue weighted by molar-refractivity contribution is 5.76. The summed E-state index contributed by atoms with van der Waals surface area (Å²) in [5.74, 6) is -0.255. The van der Waals surface area contributed by atoms with E-state index in [9.17, 15) is 45.6 Å². The molecule has 2 saturated heterocycles. The largest absolute Gasteiger partial charge is 0.394 e. The summed E-state index contributed by atoms with van der Waals surface area (Å²) in [6.07, 6.45) is 36.2. The highest BCUT2D eigenvalue weighted by Crippen LogP contribution is 2.30. The smallest absolute Gasteiger partial charge is 0.220 e. The van der Waals surface area contributed by atoms with Gasteiger partial charge in [0.1, 0.15) is 48.8 Å². The van der Waals surface area contributed by atoms with Crippen molar-refractivity contribution in [1.82, 2.24) is 5.32 Å². The zero-order chi connectivity index (χ0) is 51.7. The molecule has 14 nitrogen and oxygen atoms in total. The van der Waals surface area contributed by atoms with Crippen LogP contribution in [0, 0.1) is 0 Å². The number of hydrogen-bond donors (Lipinski definition) is 9. The van der Waals surface area contributed by atoms with Crippen LogP contribution >= 0.6 is 0 Å². The molecule has 0 spiro atoms. The molecule has 1 amide bonds. The Morgan fingerprint density at radius 2 is 0.944 bits per heavy atom. The molecule has 14 heteroatoms. The minimum Gasteiger partial charge on any atom is -0.394 e. The fourth-order valence-electron chi connectivity index (χ4n) is 9.15. The van der Waals surface area contributed by atoms with E-state index in [1.54, 1.807) is 6.08 Å². The van der Waals surface area contributed by atoms with Gasteiger partial charge in [-0.25, -0.2) is 0 Å². The second-order valence-electron chi connectivity index (χ2n) is 20.0. The third kappa shape index (κ3) is 29.6. The van der Waals surface area contributed by atoms with Crippen LogP contribution < -0.4 is 5.32 Å². The van der Waals surface area contributed by atoms with Crippen molar-refractivity contribution in [2.45, 2.75) is 286 Å². The normalized spacial score (nSPS) is 26.1. The van der Waals surface area contributed by atoms with Gasteiger partial charge >= 0.3 is 0 Å². The summed E-state index contributed by atoms with van der Waals surface area (Å²) in [6, 6.07) is -0.935. The van der Waals surface area contributed by atoms with E-state index in [2.05, 4.69) is 55.6 Å². The van der Waals surface area contributed by atoms with E-state index in [0.29, 0.717) is 12.8 Å². The number of ether oxygens (including phenoxy) is 4. The zero-order valence-corrected chi connectivity index (χ0v) is 44.2. The quantitative estimate of drug-likeness (QED) is 0.0206. The van der Waals surface area contributed by atoms with Crippen LogP contribution in [0.2, 0.25) is 0 Å². The highest BCUT2D eigenvalue weighted by atomic mass is 16.7. The number of hydrogen-bond acceptors (Lipinski definition) is 13. The van der Waals surface area contributed by atoms with E-state index in [1.807, 2.05) is 6.08 Å². The van der Waals surface area contributed by atoms with Crippen molar-refractivity contribution in [1.29, 1.82) is 0 Å². The third-order valence-corrected chi connectivity index (χ3v) is 13.7. The van der Waals surface area contributed by atoms with Crippen LogP contribution in [0.15, 0.2) is 48.6 Å². The van der Waals surface area contributed by atoms with E-state index in [1.165, 1.54) is 135 Å². The van der Waals surface area contributed by atoms with Crippen LogP contribution in [0.3, 0.4) is 0 Å². The first-order valence-corrected chi connectivity index (χ1v) is 28.4. The molecule has 414 valence electrons. The van der Waals surface area contributed by atoms with Crippen molar-refractivity contribution in [3.8, 4) is 0 Å². The SMILES string of the molecule is CC/C=C/CC/C=C/CC/C=C/C(O)C(COC1OC(CO)C(OC2OC(CO)C(O)C(O)C2O)C(O)C1O)NC(=O)CCCCCCCCCCCCCCCCC/C=C\CCCCCCCCCC. The molecule has 12 unspecified atom stereocenters. The Morgan fingerprint density at radius 3 is 1.45 bits per heavy atom. The molecular weight excluding hydrogens is 907 g/mol. The van der Waals surface area contributed by atoms with E-state index in [4.69, 9.17) is 18.9 Å². The first kappa shape index (κ1) is 65.1. The lowest BCUT2D eigenvalue weighted by Gasteiger charge is -2.46. The maximum absolute atomic E-state index is 13.2. The van der Waals surface area contributed by atoms with Crippen LogP contribution in [0.1, 0.15) is 213 Å². The Balaban J connectivity index is 1.69. The molecule has 0 aromatic rings. The Labute approximate surface area is 429 Å². The molecule has 2 aliphatic rings. The fourth-order valence-corrected chi connectivity index (χ4v) is 9.15. The molecule has 0 radical (unpaired) electrons. The monoisotopic (exact) mass is 1010 g/mol. The Kier molecular flexibility index (Phi) is 39.6. The van der Waals surface area contributed by atoms with Crippen LogP contribution in [0.5, 0.6) is 0 Å². The van der Waals surface area contributed by atoms with E-state index in [-0.39, 0.29) is 18.9 Å². The minimum atomic E-state index is -1.79. The topological polar surface area (TPSA) is 228 Å². The van der Waals surface area contributed by atoms with Crippen molar-refractivity contribution in [2.24, 2.45) is 0 Å². The molecule has 0 saturated carbocycles. The van der Waals surface area contributed by atoms with E-state index >= 15 is 0 Å². The molecule has 0 aromatic carbocycles. The van der Waals surface area contributed by atoms with Gasteiger partial charge in [0.15, 0.2) is 12.6 Å². The van der Waals surface area contributed by atoms with Crippen molar-refractivity contribution in [3.05, 3.63) is 48.6 Å². The van der Waals surface area contributed by atoms with Gasteiger partial charge in [-0.05, 0) is 64.2 Å². The molecule has 71 heavy (non-hydrogen) atoms. The summed E-state index contributed by atoms with van der Waals surface area (Å²) < 4.78 is 22.7. The van der Waals surface area contributed by atoms with Gasteiger partial charge in [0.2, 0.25) is 5.91 Å². The molecule has 0 aliphatic carbocycles. The number of amides is 1. The van der Waals surface area contributed by atoms with E-state index < -0.39 is 86.8 Å². The highest BCUT2D eigenvalue weighted by Gasteiger charge is 2.51. The number of carbonyl (C=O) groups excluding carboxylic acids is 1. The Morgan fingerprint density at radius 1 is 0.507 bits per heavy atom. The maximum atomic E-state index is 13.2. The lowest BCUT2D eigenvalue weighted by atomic mass is 9.97. The molecule has 0 aromatic heterocycles. The number of rotatable bonds is 44. The molecule has 2 aliphatic heterocycles. The summed E-state index contributed by atoms with van der Waals surface area (Å²) in [6.45, 7) is 2.64. The zero-order valence-electron chi connectivity index (χ0n) is 44.2. The summed E-state index contributed by atoms with van der Waals surface area (Å²) in [4.78, 5) is 13.2. The number of aliphatic hydroxyl groups is 8. The average Bonchev–Trinajstić information content (AvgIpc) is 3.37. The average molecular weight is 1010 g/mol. The lowest BCUT2D eigenvalue weighted by Crippen LogP contribution is -2.65. The van der Waals surface area contributed by atoms with Crippen LogP contribution in [0.4, 0.5) is 0 Å². The first-order chi connectivity index (χ1) is 34.6. The van der Waals surface area contributed by atoms with Crippen LogP contribution in [0.25, 0.3) is 0 Å². The predicted octanol–water partition coefficient (Wildman–Crippen LogP) is 8.83. The van der Waals surface area contributed by atoms with Crippen molar-refractivity contribution >= 4 is 5.91 Å². The van der Waals surface area contributed by atoms with Gasteiger partial charge in [0.25, 0.3) is 0 Å². The van der Waals surface area contributed by atoms with Gasteiger partial charge in [-0.15, -0.1) is 0 Å². The van der Waals surface area contributed by atoms with Crippen molar-refractivity contribution in [2.75, 3.05) is 19.8 Å². The van der Waals surface area contributed by atoms with Crippen molar-refractivity contribution < 1.29 is 64.6 Å². The Hall–Kier alpha value is -2.05. The number of aliphatic hydroxyl groups excluding tert-OH is 8. The summed E-state index contributed by atoms with van der Waals surface area (Å²) in [5, 5.41) is 86.7. The van der Waals surface area contributed by atoms with Crippen LogP contribution in [-0.4, -0.2) is 140 Å². The van der Waals surface area contributed by atoms with Gasteiger partial charge in [0.05, 0.1) is 32.0 Å². The molecule has 2 fully saturated rings. The van der Waals surface area contributed by atoms with Crippen LogP contribution in [-0.2, 0) is 23.7 Å². The number of carbonyl (C=O) groups is 1. The molecular formula is C57H103NO13. The van der Waals surface area contributed by atoms with Gasteiger partial charge in [-0.3, -0.25) is 4.79 Å². The van der Waals surface area contributed by atoms with Gasteiger partial charge in [0, 0.05) is 6.42 Å². The molecule has 0 bridgehead atoms. The summed E-state index contributed by atoms with van der Waals surface area (Å²) >= 11 is 0. The summed E-state index contributed by atoms with van der Waals surface area (Å²) in [7, 11) is 0. The van der Waals surface area contributed by atoms with Gasteiger partial charge in [-0.2, -0.15) is 0 Å². The number of unbranched alkanes of at least 4 members (excludes halogenated alkanes) is 25. The molecule has 12 atom stereocenters. The molecule has 9 N–H and O–H groups in total. The van der Waals surface area contributed by atoms with Crippen molar-refractivity contribution in [3.63, 3.8) is 0 Å². The van der Waals surface area contributed by atoms with Gasteiger partial charge in [-0.1, -0.05) is 191 Å².